The van der Waals surface area contributed by atoms with E-state index in [1.807, 2.05) is 30.3 Å². The van der Waals surface area contributed by atoms with E-state index in [-0.39, 0.29) is 23.9 Å². The van der Waals surface area contributed by atoms with Gasteiger partial charge in [-0.25, -0.2) is 4.39 Å². The highest BCUT2D eigenvalue weighted by molar-refractivity contribution is 5.81. The molecule has 22 heavy (non-hydrogen) atoms. The number of amides is 1. The number of ether oxygens (including phenoxy) is 1. The molecule has 2 unspecified atom stereocenters. The first-order valence-electron chi connectivity index (χ1n) is 7.46. The molecule has 1 N–H and O–H groups in total. The predicted molar refractivity (Wildman–Crippen MR) is 81.8 cm³/mol. The number of rotatable bonds is 4. The fourth-order valence-electron chi connectivity index (χ4n) is 2.68. The van der Waals surface area contributed by atoms with Gasteiger partial charge in [0.15, 0.2) is 0 Å². The van der Waals surface area contributed by atoms with Crippen LogP contribution in [-0.4, -0.2) is 18.6 Å². The maximum Gasteiger partial charge on any atom is 0.249 e. The molecule has 1 saturated heterocycles. The summed E-state index contributed by atoms with van der Waals surface area (Å²) < 4.78 is 18.6. The lowest BCUT2D eigenvalue weighted by molar-refractivity contribution is -0.130. The smallest absolute Gasteiger partial charge is 0.249 e. The molecule has 3 nitrogen and oxygen atoms in total. The molecule has 0 aromatic heterocycles. The summed E-state index contributed by atoms with van der Waals surface area (Å²) in [4.78, 5) is 12.4. The lowest BCUT2D eigenvalue weighted by Gasteiger charge is -2.21. The first-order valence-corrected chi connectivity index (χ1v) is 7.46. The van der Waals surface area contributed by atoms with Crippen LogP contribution in [0, 0.1) is 5.82 Å². The van der Waals surface area contributed by atoms with Gasteiger partial charge in [0, 0.05) is 6.61 Å². The van der Waals surface area contributed by atoms with Crippen molar-refractivity contribution in [3.05, 3.63) is 71.5 Å². The third kappa shape index (κ3) is 3.34. The third-order valence-electron chi connectivity index (χ3n) is 3.84. The molecule has 0 saturated carbocycles. The Hall–Kier alpha value is -2.20. The number of nitrogens with one attached hydrogen (secondary N) is 1. The largest absolute Gasteiger partial charge is 0.368 e. The highest BCUT2D eigenvalue weighted by atomic mass is 19.1. The van der Waals surface area contributed by atoms with Crippen LogP contribution in [0.4, 0.5) is 4.39 Å². The van der Waals surface area contributed by atoms with Gasteiger partial charge in [-0.05, 0) is 36.1 Å². The SMILES string of the molecule is O=C(NC(c1ccccc1)c1ccc(F)cc1)C1CCCO1. The number of hydrogen-bond acceptors (Lipinski definition) is 2. The van der Waals surface area contributed by atoms with E-state index in [1.165, 1.54) is 12.1 Å². The Morgan fingerprint density at radius 2 is 1.77 bits per heavy atom. The molecule has 1 aliphatic heterocycles. The van der Waals surface area contributed by atoms with Crippen molar-refractivity contribution in [3.63, 3.8) is 0 Å². The molecule has 114 valence electrons. The van der Waals surface area contributed by atoms with Gasteiger partial charge in [0.2, 0.25) is 5.91 Å². The normalized spacial score (nSPS) is 18.9. The number of carbonyl (C=O) groups excluding carboxylic acids is 1. The predicted octanol–water partition coefficient (Wildman–Crippen LogP) is 3.21. The van der Waals surface area contributed by atoms with Gasteiger partial charge in [0.05, 0.1) is 6.04 Å². The molecule has 2 atom stereocenters. The number of halogens is 1. The zero-order valence-electron chi connectivity index (χ0n) is 12.2. The average molecular weight is 299 g/mol. The molecule has 2 aromatic rings. The van der Waals surface area contributed by atoms with Gasteiger partial charge in [0.25, 0.3) is 0 Å². The van der Waals surface area contributed by atoms with Crippen LogP contribution in [0.15, 0.2) is 54.6 Å². The molecule has 4 heteroatoms. The molecule has 0 radical (unpaired) electrons. The first kappa shape index (κ1) is 14.7. The van der Waals surface area contributed by atoms with Gasteiger partial charge < -0.3 is 10.1 Å². The highest BCUT2D eigenvalue weighted by Crippen LogP contribution is 2.23. The quantitative estimate of drug-likeness (QED) is 0.941. The van der Waals surface area contributed by atoms with Crippen LogP contribution in [0.2, 0.25) is 0 Å². The summed E-state index contributed by atoms with van der Waals surface area (Å²) in [5, 5.41) is 3.02. The van der Waals surface area contributed by atoms with E-state index in [0.29, 0.717) is 6.61 Å². The van der Waals surface area contributed by atoms with Crippen LogP contribution in [0.1, 0.15) is 30.0 Å². The van der Waals surface area contributed by atoms with E-state index in [9.17, 15) is 9.18 Å². The summed E-state index contributed by atoms with van der Waals surface area (Å²) in [6, 6.07) is 15.6. The molecule has 1 fully saturated rings. The molecule has 2 aromatic carbocycles. The Balaban J connectivity index is 1.86. The molecule has 0 bridgehead atoms. The number of benzene rings is 2. The van der Waals surface area contributed by atoms with Crippen LogP contribution in [-0.2, 0) is 9.53 Å². The third-order valence-corrected chi connectivity index (χ3v) is 3.84. The second-order valence-electron chi connectivity index (χ2n) is 5.41. The Kier molecular flexibility index (Phi) is 4.49. The van der Waals surface area contributed by atoms with Crippen molar-refractivity contribution in [2.75, 3.05) is 6.61 Å². The molecule has 1 amide bonds. The molecular formula is C18H18FNO2. The Morgan fingerprint density at radius 3 is 2.41 bits per heavy atom. The van der Waals surface area contributed by atoms with Crippen molar-refractivity contribution in [1.29, 1.82) is 0 Å². The van der Waals surface area contributed by atoms with Gasteiger partial charge in [-0.15, -0.1) is 0 Å². The standard InChI is InChI=1S/C18H18FNO2/c19-15-10-8-14(9-11-15)17(13-5-2-1-3-6-13)20-18(21)16-7-4-12-22-16/h1-3,5-6,8-11,16-17H,4,7,12H2,(H,20,21). The van der Waals surface area contributed by atoms with Crippen LogP contribution >= 0.6 is 0 Å². The topological polar surface area (TPSA) is 38.3 Å². The van der Waals surface area contributed by atoms with Crippen LogP contribution in [0.5, 0.6) is 0 Å². The van der Waals surface area contributed by atoms with Gasteiger partial charge >= 0.3 is 0 Å². The van der Waals surface area contributed by atoms with Gasteiger partial charge in [0.1, 0.15) is 11.9 Å². The van der Waals surface area contributed by atoms with Crippen molar-refractivity contribution >= 4 is 5.91 Å². The van der Waals surface area contributed by atoms with Crippen molar-refractivity contribution in [1.82, 2.24) is 5.32 Å². The summed E-state index contributed by atoms with van der Waals surface area (Å²) in [5.74, 6) is -0.406. The van der Waals surface area contributed by atoms with E-state index in [2.05, 4.69) is 5.32 Å². The van der Waals surface area contributed by atoms with Crippen molar-refractivity contribution < 1.29 is 13.9 Å². The molecular weight excluding hydrogens is 281 g/mol. The summed E-state index contributed by atoms with van der Waals surface area (Å²) in [7, 11) is 0. The van der Waals surface area contributed by atoms with Gasteiger partial charge in [-0.3, -0.25) is 4.79 Å². The monoisotopic (exact) mass is 299 g/mol. The fourth-order valence-corrected chi connectivity index (χ4v) is 2.68. The zero-order valence-corrected chi connectivity index (χ0v) is 12.2. The molecule has 1 heterocycles. The van der Waals surface area contributed by atoms with E-state index >= 15 is 0 Å². The summed E-state index contributed by atoms with van der Waals surface area (Å²) in [6.07, 6.45) is 1.27. The van der Waals surface area contributed by atoms with Gasteiger partial charge in [-0.1, -0.05) is 42.5 Å². The van der Waals surface area contributed by atoms with Crippen molar-refractivity contribution in [2.45, 2.75) is 25.0 Å². The minimum atomic E-state index is -0.383. The van der Waals surface area contributed by atoms with E-state index < -0.39 is 0 Å². The van der Waals surface area contributed by atoms with E-state index in [4.69, 9.17) is 4.74 Å². The van der Waals surface area contributed by atoms with Crippen molar-refractivity contribution in [3.8, 4) is 0 Å². The molecule has 1 aliphatic rings. The van der Waals surface area contributed by atoms with Crippen LogP contribution < -0.4 is 5.32 Å². The molecule has 3 rings (SSSR count). The zero-order chi connectivity index (χ0) is 15.4. The fraction of sp³-hybridized carbons (Fsp3) is 0.278. The van der Waals surface area contributed by atoms with E-state index in [0.717, 1.165) is 24.0 Å². The summed E-state index contributed by atoms with van der Waals surface area (Å²) in [5.41, 5.74) is 1.81. The molecule has 0 spiro atoms. The highest BCUT2D eigenvalue weighted by Gasteiger charge is 2.26. The maximum absolute atomic E-state index is 13.2. The first-order chi connectivity index (χ1) is 10.7. The Labute approximate surface area is 129 Å². The summed E-state index contributed by atoms with van der Waals surface area (Å²) >= 11 is 0. The number of carbonyl (C=O) groups is 1. The van der Waals surface area contributed by atoms with Crippen molar-refractivity contribution in [2.24, 2.45) is 0 Å². The second-order valence-corrected chi connectivity index (χ2v) is 5.41. The summed E-state index contributed by atoms with van der Waals surface area (Å²) in [6.45, 7) is 0.630. The average Bonchev–Trinajstić information content (AvgIpc) is 3.09. The maximum atomic E-state index is 13.2. The second kappa shape index (κ2) is 6.71. The Morgan fingerprint density at radius 1 is 1.09 bits per heavy atom. The number of hydrogen-bond donors (Lipinski definition) is 1. The van der Waals surface area contributed by atoms with Gasteiger partial charge in [-0.2, -0.15) is 0 Å². The minimum Gasteiger partial charge on any atom is -0.368 e. The van der Waals surface area contributed by atoms with E-state index in [1.54, 1.807) is 12.1 Å². The van der Waals surface area contributed by atoms with Crippen LogP contribution in [0.3, 0.4) is 0 Å². The molecule has 0 aliphatic carbocycles. The Bertz CT molecular complexity index is 621. The van der Waals surface area contributed by atoms with Crippen LogP contribution in [0.25, 0.3) is 0 Å². The lowest BCUT2D eigenvalue weighted by Crippen LogP contribution is -2.37. The lowest BCUT2D eigenvalue weighted by atomic mass is 9.98. The minimum absolute atomic E-state index is 0.115.